The lowest BCUT2D eigenvalue weighted by molar-refractivity contribution is -0.119. The summed E-state index contributed by atoms with van der Waals surface area (Å²) < 4.78 is 30.0. The Balaban J connectivity index is 0.000000147. The van der Waals surface area contributed by atoms with Gasteiger partial charge in [0, 0.05) is 29.3 Å². The maximum atomic E-state index is 13.8. The van der Waals surface area contributed by atoms with Crippen LogP contribution in [0.2, 0.25) is 0 Å². The van der Waals surface area contributed by atoms with Gasteiger partial charge >= 0.3 is 0 Å². The quantitative estimate of drug-likeness (QED) is 0.202. The SMILES string of the molecule is CC(C)[C@@]1(c2ccc(I)cc2)C[C@@]12C(=O)Nc1ccc(F)cc12.CC(C)[C@]1(c2ccc(I)cc2)C[C@]12C(=O)Nc1ccc(F)cc12. The molecule has 2 spiro atoms. The van der Waals surface area contributed by atoms with E-state index < -0.39 is 10.8 Å². The largest absolute Gasteiger partial charge is 0.325 e. The number of hydrogen-bond donors (Lipinski definition) is 2. The zero-order valence-electron chi connectivity index (χ0n) is 26.0. The van der Waals surface area contributed by atoms with Crippen LogP contribution in [0.15, 0.2) is 84.9 Å². The second-order valence-corrected chi connectivity index (χ2v) is 16.2. The van der Waals surface area contributed by atoms with Gasteiger partial charge in [0.05, 0.1) is 10.8 Å². The molecule has 2 aliphatic heterocycles. The third kappa shape index (κ3) is 4.23. The number of benzene rings is 4. The van der Waals surface area contributed by atoms with Gasteiger partial charge in [0.2, 0.25) is 11.8 Å². The molecule has 0 unspecified atom stereocenters. The minimum atomic E-state index is -0.634. The molecule has 4 atom stereocenters. The van der Waals surface area contributed by atoms with Gasteiger partial charge in [0.15, 0.2) is 0 Å². The first-order valence-electron chi connectivity index (χ1n) is 15.6. The lowest BCUT2D eigenvalue weighted by atomic mass is 9.75. The molecular weight excluding hydrogens is 808 g/mol. The Morgan fingerprint density at radius 1 is 0.587 bits per heavy atom. The molecule has 4 nitrogen and oxygen atoms in total. The lowest BCUT2D eigenvalue weighted by Crippen LogP contribution is -2.33. The van der Waals surface area contributed by atoms with Crippen molar-refractivity contribution in [1.82, 2.24) is 0 Å². The molecule has 2 heterocycles. The number of hydrogen-bond acceptors (Lipinski definition) is 2. The van der Waals surface area contributed by atoms with Crippen molar-refractivity contribution in [3.05, 3.63) is 126 Å². The maximum absolute atomic E-state index is 13.8. The van der Waals surface area contributed by atoms with Crippen molar-refractivity contribution >= 4 is 68.4 Å². The molecule has 2 aliphatic carbocycles. The van der Waals surface area contributed by atoms with Crippen molar-refractivity contribution in [2.24, 2.45) is 11.8 Å². The Labute approximate surface area is 295 Å². The van der Waals surface area contributed by atoms with Crippen molar-refractivity contribution in [2.75, 3.05) is 10.6 Å². The molecule has 0 saturated heterocycles. The van der Waals surface area contributed by atoms with Gasteiger partial charge in [-0.25, -0.2) is 8.78 Å². The number of fused-ring (bicyclic) bond motifs is 4. The minimum Gasteiger partial charge on any atom is -0.325 e. The second kappa shape index (κ2) is 10.8. The van der Waals surface area contributed by atoms with Crippen LogP contribution >= 0.6 is 45.2 Å². The molecule has 8 rings (SSSR count). The van der Waals surface area contributed by atoms with Crippen LogP contribution in [0.4, 0.5) is 20.2 Å². The van der Waals surface area contributed by atoms with Crippen molar-refractivity contribution < 1.29 is 18.4 Å². The van der Waals surface area contributed by atoms with Crippen LogP contribution in [-0.2, 0) is 31.2 Å². The van der Waals surface area contributed by atoms with E-state index in [9.17, 15) is 18.4 Å². The molecule has 236 valence electrons. The molecule has 8 heteroatoms. The van der Waals surface area contributed by atoms with Crippen molar-refractivity contribution in [1.29, 1.82) is 0 Å². The standard InChI is InChI=1S/2C19H17FINO/c2*1-11(2)18(12-3-6-14(21)7-4-12)10-19(18)15-9-13(20)5-8-16(15)22-17(19)23/h2*3-9,11H,10H2,1-2H3,(H,22,23)/t2*18-,19-/m10/s1. The average molecular weight is 843 g/mol. The van der Waals surface area contributed by atoms with E-state index in [0.717, 1.165) is 35.3 Å². The van der Waals surface area contributed by atoms with E-state index in [1.165, 1.54) is 42.5 Å². The molecule has 0 aromatic heterocycles. The number of rotatable bonds is 4. The third-order valence-corrected chi connectivity index (χ3v) is 12.6. The molecule has 0 radical (unpaired) electrons. The van der Waals surface area contributed by atoms with E-state index in [4.69, 9.17) is 0 Å². The third-order valence-electron chi connectivity index (χ3n) is 11.2. The van der Waals surface area contributed by atoms with E-state index >= 15 is 0 Å². The summed E-state index contributed by atoms with van der Waals surface area (Å²) in [5.74, 6) is -0.000611. The highest BCUT2D eigenvalue weighted by molar-refractivity contribution is 14.1. The summed E-state index contributed by atoms with van der Waals surface area (Å²) in [6.07, 6.45) is 1.47. The lowest BCUT2D eigenvalue weighted by Gasteiger charge is -2.26. The summed E-state index contributed by atoms with van der Waals surface area (Å²) in [7, 11) is 0. The molecule has 4 aromatic rings. The van der Waals surface area contributed by atoms with Crippen LogP contribution in [0.1, 0.15) is 62.8 Å². The van der Waals surface area contributed by atoms with Gasteiger partial charge in [0.25, 0.3) is 0 Å². The van der Waals surface area contributed by atoms with E-state index in [1.54, 1.807) is 12.1 Å². The summed E-state index contributed by atoms with van der Waals surface area (Å²) in [4.78, 5) is 25.7. The fourth-order valence-corrected chi connectivity index (χ4v) is 9.62. The summed E-state index contributed by atoms with van der Waals surface area (Å²) in [6, 6.07) is 26.0. The molecule has 2 N–H and O–H groups in total. The van der Waals surface area contributed by atoms with E-state index in [-0.39, 0.29) is 46.1 Å². The molecule has 2 amide bonds. The molecule has 4 aliphatic rings. The van der Waals surface area contributed by atoms with Gasteiger partial charge in [-0.15, -0.1) is 0 Å². The number of nitrogens with one attached hydrogen (secondary N) is 2. The minimum absolute atomic E-state index is 0.00495. The maximum Gasteiger partial charge on any atom is 0.236 e. The number of halogens is 4. The van der Waals surface area contributed by atoms with Crippen molar-refractivity contribution in [2.45, 2.75) is 62.2 Å². The van der Waals surface area contributed by atoms with Gasteiger partial charge in [-0.3, -0.25) is 9.59 Å². The van der Waals surface area contributed by atoms with Crippen molar-refractivity contribution in [3.63, 3.8) is 0 Å². The van der Waals surface area contributed by atoms with Crippen LogP contribution in [0.3, 0.4) is 0 Å². The fraction of sp³-hybridized carbons (Fsp3) is 0.316. The molecular formula is C38H34F2I2N2O2. The Morgan fingerprint density at radius 3 is 1.26 bits per heavy atom. The normalized spacial score (nSPS) is 28.1. The zero-order valence-corrected chi connectivity index (χ0v) is 30.3. The number of anilines is 2. The van der Waals surface area contributed by atoms with Gasteiger partial charge in [-0.05, 0) is 153 Å². The summed E-state index contributed by atoms with van der Waals surface area (Å²) in [6.45, 7) is 8.60. The van der Waals surface area contributed by atoms with Crippen LogP contribution in [0.25, 0.3) is 0 Å². The predicted molar refractivity (Wildman–Crippen MR) is 194 cm³/mol. The smallest absolute Gasteiger partial charge is 0.236 e. The van der Waals surface area contributed by atoms with Gasteiger partial charge in [-0.2, -0.15) is 0 Å². The van der Waals surface area contributed by atoms with E-state index in [2.05, 4.69) is 132 Å². The van der Waals surface area contributed by atoms with E-state index in [0.29, 0.717) is 0 Å². The molecule has 2 saturated carbocycles. The number of carbonyl (C=O) groups excluding carboxylic acids is 2. The molecule has 46 heavy (non-hydrogen) atoms. The Kier molecular flexibility index (Phi) is 7.47. The first-order valence-corrected chi connectivity index (χ1v) is 17.7. The summed E-state index contributed by atoms with van der Waals surface area (Å²) in [5, 5.41) is 5.92. The summed E-state index contributed by atoms with van der Waals surface area (Å²) in [5.41, 5.74) is 3.68. The van der Waals surface area contributed by atoms with Crippen LogP contribution in [-0.4, -0.2) is 11.8 Å². The Hall–Kier alpha value is -2.86. The number of carbonyl (C=O) groups is 2. The topological polar surface area (TPSA) is 58.2 Å². The molecule has 2 fully saturated rings. The van der Waals surface area contributed by atoms with Gasteiger partial charge < -0.3 is 10.6 Å². The summed E-state index contributed by atoms with van der Waals surface area (Å²) >= 11 is 4.56. The molecule has 0 bridgehead atoms. The predicted octanol–water partition coefficient (Wildman–Crippen LogP) is 9.24. The van der Waals surface area contributed by atoms with Crippen LogP contribution < -0.4 is 10.6 Å². The highest BCUT2D eigenvalue weighted by Gasteiger charge is 2.77. The first kappa shape index (κ1) is 31.7. The number of amides is 2. The van der Waals surface area contributed by atoms with Crippen LogP contribution in [0.5, 0.6) is 0 Å². The fourth-order valence-electron chi connectivity index (χ4n) is 8.90. The van der Waals surface area contributed by atoms with E-state index in [1.807, 2.05) is 0 Å². The average Bonchev–Trinajstić information content (AvgIpc) is 3.87. The highest BCUT2D eigenvalue weighted by atomic mass is 127. The van der Waals surface area contributed by atoms with Gasteiger partial charge in [0.1, 0.15) is 11.6 Å². The first-order chi connectivity index (χ1) is 21.8. The van der Waals surface area contributed by atoms with Crippen molar-refractivity contribution in [3.8, 4) is 0 Å². The van der Waals surface area contributed by atoms with Crippen LogP contribution in [0, 0.1) is 30.6 Å². The Morgan fingerprint density at radius 2 is 0.935 bits per heavy atom. The monoisotopic (exact) mass is 842 g/mol. The Bertz CT molecular complexity index is 1770. The zero-order chi connectivity index (χ0) is 32.8. The highest BCUT2D eigenvalue weighted by Crippen LogP contribution is 2.73. The molecule has 4 aromatic carbocycles. The second-order valence-electron chi connectivity index (χ2n) is 13.7. The van der Waals surface area contributed by atoms with Gasteiger partial charge in [-0.1, -0.05) is 52.0 Å².